The second kappa shape index (κ2) is 10.4. The maximum atomic E-state index is 4.93. The molecule has 0 spiro atoms. The summed E-state index contributed by atoms with van der Waals surface area (Å²) in [5.41, 5.74) is 0. The van der Waals surface area contributed by atoms with Crippen molar-refractivity contribution >= 4 is 30.1 Å². The fourth-order valence-electron chi connectivity index (χ4n) is 1.07. The van der Waals surface area contributed by atoms with Crippen molar-refractivity contribution in [3.63, 3.8) is 0 Å². The van der Waals surface area contributed by atoms with Crippen molar-refractivity contribution in [3.05, 3.63) is 0 Å². The minimum absolute atomic E-state index is 0.943. The second-order valence-corrected chi connectivity index (χ2v) is 9.68. The number of halogens is 3. The fourth-order valence-corrected chi connectivity index (χ4v) is 1.07. The molecule has 8 heteroatoms. The van der Waals surface area contributed by atoms with Crippen LogP contribution in [0.2, 0.25) is 0 Å². The van der Waals surface area contributed by atoms with E-state index >= 15 is 0 Å². The summed E-state index contributed by atoms with van der Waals surface area (Å²) in [7, 11) is 19.0. The zero-order valence-electron chi connectivity index (χ0n) is 8.97. The molecule has 0 atom stereocenters. The zero-order valence-corrected chi connectivity index (χ0v) is 12.5. The number of nitrogens with zero attached hydrogens (tertiary/aromatic N) is 2. The molecule has 0 aliphatic carbocycles. The predicted octanol–water partition coefficient (Wildman–Crippen LogP) is 0.981. The summed E-state index contributed by atoms with van der Waals surface area (Å²) in [6, 6.07) is 0. The van der Waals surface area contributed by atoms with Crippen LogP contribution in [0.1, 0.15) is 0 Å². The average molecular weight is 317 g/mol. The van der Waals surface area contributed by atoms with Crippen LogP contribution in [0.25, 0.3) is 0 Å². The Kier molecular flexibility index (Phi) is 11.3. The van der Waals surface area contributed by atoms with Gasteiger partial charge in [0.05, 0.1) is 13.3 Å². The number of rotatable bonds is 3. The topological polar surface area (TPSA) is 30.5 Å². The van der Waals surface area contributed by atoms with Crippen LogP contribution < -0.4 is 10.6 Å². The van der Waals surface area contributed by atoms with Gasteiger partial charge in [-0.25, -0.2) is 0 Å². The third-order valence-electron chi connectivity index (χ3n) is 1.78. The first-order valence-electron chi connectivity index (χ1n) is 4.54. The number of nitrogens with one attached hydrogen (secondary N) is 2. The summed E-state index contributed by atoms with van der Waals surface area (Å²) in [6.45, 7) is 5.23. The van der Waals surface area contributed by atoms with Crippen molar-refractivity contribution in [2.75, 3.05) is 47.2 Å². The van der Waals surface area contributed by atoms with Crippen LogP contribution >= 0.6 is 30.1 Å². The molecule has 1 fully saturated rings. The third kappa shape index (κ3) is 13.2. The van der Waals surface area contributed by atoms with Gasteiger partial charge in [0, 0.05) is 19.8 Å². The first-order chi connectivity index (χ1) is 7.02. The molecule has 0 saturated carbocycles. The molecule has 15 heavy (non-hydrogen) atoms. The molecule has 0 aromatic carbocycles. The van der Waals surface area contributed by atoms with E-state index in [9.17, 15) is 0 Å². The Labute approximate surface area is 109 Å². The molecule has 1 aliphatic rings. The molecule has 1 heterocycles. The molecule has 2 N–H and O–H groups in total. The van der Waals surface area contributed by atoms with Gasteiger partial charge in [-0.15, -0.1) is 0 Å². The van der Waals surface area contributed by atoms with Crippen molar-refractivity contribution < 1.29 is 11.4 Å². The minimum atomic E-state index is -1.62. The Hall–Kier alpha value is 1.24. The van der Waals surface area contributed by atoms with Crippen LogP contribution in [0, 0.1) is 0 Å². The molecular formula is C7H18Cl3CrN4. The van der Waals surface area contributed by atoms with Gasteiger partial charge in [0.25, 0.3) is 0 Å². The molecule has 1 saturated heterocycles. The Balaban J connectivity index is 0.000000423. The summed E-state index contributed by atoms with van der Waals surface area (Å²) in [6.07, 6.45) is 0. The van der Waals surface area contributed by atoms with Gasteiger partial charge in [-0.1, -0.05) is 0 Å². The van der Waals surface area contributed by atoms with Crippen LogP contribution in [0.4, 0.5) is 0 Å². The van der Waals surface area contributed by atoms with Gasteiger partial charge in [0.15, 0.2) is 0 Å². The molecule has 4 nitrogen and oxygen atoms in total. The van der Waals surface area contributed by atoms with E-state index in [4.69, 9.17) is 30.1 Å². The van der Waals surface area contributed by atoms with Crippen molar-refractivity contribution in [2.24, 2.45) is 0 Å². The first-order valence-corrected chi connectivity index (χ1v) is 9.80. The molecule has 0 aromatic rings. The van der Waals surface area contributed by atoms with Crippen LogP contribution in [0.15, 0.2) is 0 Å². The molecule has 0 radical (unpaired) electrons. The van der Waals surface area contributed by atoms with Crippen molar-refractivity contribution in [1.29, 1.82) is 0 Å². The van der Waals surface area contributed by atoms with E-state index in [2.05, 4.69) is 34.5 Å². The summed E-state index contributed by atoms with van der Waals surface area (Å²) in [4.78, 5) is 4.55. The average Bonchev–Trinajstić information content (AvgIpc) is 2.15. The Morgan fingerprint density at radius 2 is 1.67 bits per heavy atom. The maximum absolute atomic E-state index is 4.93. The fraction of sp³-hybridized carbons (Fsp3) is 1.00. The van der Waals surface area contributed by atoms with Crippen molar-refractivity contribution in [1.82, 2.24) is 20.4 Å². The Bertz CT molecular complexity index is 141. The quantitative estimate of drug-likeness (QED) is 0.813. The van der Waals surface area contributed by atoms with Crippen LogP contribution in [-0.4, -0.2) is 57.0 Å². The van der Waals surface area contributed by atoms with E-state index in [1.54, 1.807) is 0 Å². The molecule has 1 rings (SSSR count). The van der Waals surface area contributed by atoms with Crippen LogP contribution in [0.5, 0.6) is 0 Å². The second-order valence-electron chi connectivity index (χ2n) is 3.37. The first kappa shape index (κ1) is 16.2. The van der Waals surface area contributed by atoms with Gasteiger partial charge >= 0.3 is 41.5 Å². The van der Waals surface area contributed by atoms with Gasteiger partial charge < -0.3 is 4.90 Å². The number of hydrogen-bond acceptors (Lipinski definition) is 4. The van der Waals surface area contributed by atoms with Gasteiger partial charge in [-0.3, -0.25) is 15.5 Å². The normalized spacial score (nSPS) is 17.8. The Morgan fingerprint density at radius 1 is 1.20 bits per heavy atom. The zero-order chi connectivity index (χ0) is 11.7. The molecule has 93 valence electrons. The number of likely N-dealkylation sites (N-methyl/N-ethyl adjacent to an activating group) is 1. The summed E-state index contributed by atoms with van der Waals surface area (Å²) in [5, 5.41) is 6.51. The predicted molar refractivity (Wildman–Crippen MR) is 63.7 cm³/mol. The van der Waals surface area contributed by atoms with Gasteiger partial charge in [-0.05, 0) is 14.1 Å². The molecule has 0 bridgehead atoms. The van der Waals surface area contributed by atoms with Crippen LogP contribution in [0.3, 0.4) is 0 Å². The van der Waals surface area contributed by atoms with E-state index in [0.717, 1.165) is 33.1 Å². The molecule has 1 aliphatic heterocycles. The molecule has 0 amide bonds. The SMILES string of the molecule is CN(C)CCN1CNCNC1.[Cl][Cr]([Cl])[Cl]. The van der Waals surface area contributed by atoms with Gasteiger partial charge in [0.1, 0.15) is 0 Å². The number of hydrogen-bond donors (Lipinski definition) is 2. The van der Waals surface area contributed by atoms with Gasteiger partial charge in [0.2, 0.25) is 0 Å². The summed E-state index contributed by atoms with van der Waals surface area (Å²) in [5.74, 6) is 0. The summed E-state index contributed by atoms with van der Waals surface area (Å²) >= 11 is -1.62. The molecular weight excluding hydrogens is 298 g/mol. The molecule has 0 unspecified atom stereocenters. The molecule has 0 aromatic heterocycles. The van der Waals surface area contributed by atoms with Gasteiger partial charge in [-0.2, -0.15) is 0 Å². The van der Waals surface area contributed by atoms with E-state index in [0.29, 0.717) is 0 Å². The third-order valence-corrected chi connectivity index (χ3v) is 1.78. The van der Waals surface area contributed by atoms with Crippen molar-refractivity contribution in [3.8, 4) is 0 Å². The van der Waals surface area contributed by atoms with E-state index in [1.807, 2.05) is 0 Å². The monoisotopic (exact) mass is 315 g/mol. The van der Waals surface area contributed by atoms with Crippen LogP contribution in [-0.2, 0) is 11.4 Å². The van der Waals surface area contributed by atoms with Crippen molar-refractivity contribution in [2.45, 2.75) is 0 Å². The standard InChI is InChI=1S/C7H18N4.3ClH.Cr/c1-10(2)3-4-11-6-8-5-9-7-11;;;;/h8-9H,3-7H2,1-2H3;3*1H;/q;;;;+3/p-3. The van der Waals surface area contributed by atoms with E-state index in [-0.39, 0.29) is 0 Å². The summed E-state index contributed by atoms with van der Waals surface area (Å²) < 4.78 is 0. The van der Waals surface area contributed by atoms with E-state index < -0.39 is 11.4 Å². The Morgan fingerprint density at radius 3 is 2.07 bits per heavy atom. The van der Waals surface area contributed by atoms with E-state index in [1.165, 1.54) is 0 Å².